The van der Waals surface area contributed by atoms with Gasteiger partial charge in [0.2, 0.25) is 0 Å². The Morgan fingerprint density at radius 3 is 2.00 bits per heavy atom. The monoisotopic (exact) mass is 188 g/mol. The van der Waals surface area contributed by atoms with E-state index in [1.165, 1.54) is 0 Å². The average molecular weight is 188 g/mol. The van der Waals surface area contributed by atoms with E-state index in [0.717, 1.165) is 0 Å². The van der Waals surface area contributed by atoms with Gasteiger partial charge in [0.1, 0.15) is 0 Å². The molecule has 0 saturated carbocycles. The first-order chi connectivity index (χ1) is 1.73. The standard InChI is InChI=1S/La.H2O.2O/h;1H2;;/q+2;;;-1/p-1. The molecule has 0 bridgehead atoms. The number of hydrogen-bond donors (Lipinski definition) is 1. The molecule has 0 amide bonds. The summed E-state index contributed by atoms with van der Waals surface area (Å²) in [4.78, 5) is 0. The van der Waals surface area contributed by atoms with Gasteiger partial charge in [0, 0.05) is 0 Å². The van der Waals surface area contributed by atoms with Crippen LogP contribution >= 0.6 is 0 Å². The van der Waals surface area contributed by atoms with Gasteiger partial charge in [-0.3, -0.25) is 0 Å². The van der Waals surface area contributed by atoms with Gasteiger partial charge in [-0.2, -0.15) is 0 Å². The van der Waals surface area contributed by atoms with Crippen molar-refractivity contribution in [3.63, 3.8) is 0 Å². The Morgan fingerprint density at radius 2 is 2.00 bits per heavy atom. The zero-order chi connectivity index (χ0) is 3.58. The molecule has 0 unspecified atom stereocenters. The van der Waals surface area contributed by atoms with Crippen LogP contribution in [0.4, 0.5) is 0 Å². The fourth-order valence-electron chi connectivity index (χ4n) is 0. The molecule has 4 heteroatoms. The first kappa shape index (κ1) is 4.91. The van der Waals surface area contributed by atoms with E-state index in [1.54, 1.807) is 0 Å². The zero-order valence-electron chi connectivity index (χ0n) is 1.84. The molecule has 0 aliphatic carbocycles. The van der Waals surface area contributed by atoms with Gasteiger partial charge in [0.05, 0.1) is 0 Å². The molecule has 0 heterocycles. The van der Waals surface area contributed by atoms with Gasteiger partial charge >= 0.3 is 37.0 Å². The third kappa shape index (κ3) is 12.8. The van der Waals surface area contributed by atoms with Gasteiger partial charge < -0.3 is 0 Å². The molecule has 4 heavy (non-hydrogen) atoms. The van der Waals surface area contributed by atoms with Crippen LogP contribution in [0.25, 0.3) is 0 Å². The molecule has 0 aromatic rings. The molecule has 0 radical (unpaired) electrons. The van der Waals surface area contributed by atoms with Gasteiger partial charge in [0.25, 0.3) is 0 Å². The Kier molecular flexibility index (Phi) is 2.67. The molecule has 0 spiro atoms. The van der Waals surface area contributed by atoms with E-state index in [4.69, 9.17) is 5.84 Å². The molecule has 0 saturated heterocycles. The normalized spacial score (nSPS) is 4.25. The summed E-state index contributed by atoms with van der Waals surface area (Å²) in [7, 11) is 0. The molecule has 1 N–H and O–H groups in total. The van der Waals surface area contributed by atoms with E-state index < -0.39 is 31.2 Å². The van der Waals surface area contributed by atoms with Crippen LogP contribution in [-0.2, 0) is 1.70 Å². The van der Waals surface area contributed by atoms with E-state index in [9.17, 15) is 0 Å². The minimum absolute atomic E-state index is 4.22. The van der Waals surface area contributed by atoms with E-state index >= 15 is 0 Å². The van der Waals surface area contributed by atoms with Gasteiger partial charge in [-0.25, -0.2) is 0 Å². The van der Waals surface area contributed by atoms with Crippen molar-refractivity contribution in [3.05, 3.63) is 0 Å². The second-order valence-electron chi connectivity index (χ2n) is 0.307. The quantitative estimate of drug-likeness (QED) is 0.484. The fraction of sp³-hybridized carbons (Fsp3) is 0. The number of hydrogen-bond acceptors (Lipinski definition) is 2. The summed E-state index contributed by atoms with van der Waals surface area (Å²) in [5.74, 6) is 0. The second kappa shape index (κ2) is 2.17. The van der Waals surface area contributed by atoms with E-state index in [-0.39, 0.29) is 0 Å². The summed E-state index contributed by atoms with van der Waals surface area (Å²) >= 11 is -4.22. The van der Waals surface area contributed by atoms with Gasteiger partial charge in [-0.15, -0.1) is 0 Å². The molecule has 0 atom stereocenters. The predicted octanol–water partition coefficient (Wildman–Crippen LogP) is -1.86. The minimum atomic E-state index is -4.22. The van der Waals surface area contributed by atoms with Gasteiger partial charge in [-0.1, -0.05) is 0 Å². The Hall–Kier alpha value is 0.915. The van der Waals surface area contributed by atoms with Crippen LogP contribution in [0.2, 0.25) is 0 Å². The van der Waals surface area contributed by atoms with Gasteiger partial charge in [-0.05, 0) is 0 Å². The third-order valence-corrected chi connectivity index (χ3v) is 0. The summed E-state index contributed by atoms with van der Waals surface area (Å²) in [5.41, 5.74) is 0. The van der Waals surface area contributed by atoms with Gasteiger partial charge in [0.15, 0.2) is 0 Å². The summed E-state index contributed by atoms with van der Waals surface area (Å²) in [6.45, 7) is 0. The van der Waals surface area contributed by atoms with E-state index in [2.05, 4.69) is 0 Å². The summed E-state index contributed by atoms with van der Waals surface area (Å²) in [5, 5.41) is 0. The molecule has 0 aliphatic rings. The van der Waals surface area contributed by atoms with Crippen LogP contribution in [0.3, 0.4) is 0 Å². The van der Waals surface area contributed by atoms with Crippen molar-refractivity contribution in [2.45, 2.75) is 0 Å². The van der Waals surface area contributed by atoms with Crippen molar-refractivity contribution >= 4 is 0 Å². The number of rotatable bonds is 0. The second-order valence-corrected chi connectivity index (χ2v) is 2.24. The van der Waals surface area contributed by atoms with Crippen LogP contribution in [0.15, 0.2) is 0 Å². The van der Waals surface area contributed by atoms with Crippen LogP contribution in [0, 0.1) is 31.2 Å². The molecular weight excluding hydrogens is 187 g/mol. The molecule has 22 valence electrons. The Morgan fingerprint density at radius 1 is 2.00 bits per heavy atom. The van der Waals surface area contributed by atoms with Crippen LogP contribution in [0.5, 0.6) is 0 Å². The van der Waals surface area contributed by atoms with Crippen LogP contribution in [-0.4, -0.2) is 2.07 Å². The Balaban J connectivity index is 2.80. The summed E-state index contributed by atoms with van der Waals surface area (Å²) < 4.78 is 24.7. The molecular formula is HLaO3. The Bertz CT molecular complexity index is 26.3. The van der Waals surface area contributed by atoms with Crippen LogP contribution in [0.1, 0.15) is 0 Å². The fourth-order valence-corrected chi connectivity index (χ4v) is 0. The maximum absolute atomic E-state index is 8.75. The molecule has 0 aromatic heterocycles. The molecule has 0 aliphatic heterocycles. The summed E-state index contributed by atoms with van der Waals surface area (Å²) in [6, 6.07) is 0. The van der Waals surface area contributed by atoms with Crippen molar-refractivity contribution in [1.82, 2.24) is 0 Å². The van der Waals surface area contributed by atoms with E-state index in [1.807, 2.05) is 0 Å². The van der Waals surface area contributed by atoms with Crippen LogP contribution < -0.4 is 2.07 Å². The first-order valence-corrected chi connectivity index (χ1v) is 5.31. The molecule has 3 nitrogen and oxygen atoms in total. The maximum atomic E-state index is 8.75. The van der Waals surface area contributed by atoms with Crippen molar-refractivity contribution in [1.29, 1.82) is 0 Å². The SMILES string of the molecule is [O]=[La+]([O-])[OH]. The Labute approximate surface area is 36.9 Å². The summed E-state index contributed by atoms with van der Waals surface area (Å²) in [6.07, 6.45) is 0. The zero-order valence-corrected chi connectivity index (χ0v) is 5.47. The van der Waals surface area contributed by atoms with Crippen molar-refractivity contribution in [3.8, 4) is 0 Å². The first-order valence-electron chi connectivity index (χ1n) is 0.730. The molecule has 0 rings (SSSR count). The topological polar surface area (TPSA) is 60.4 Å². The van der Waals surface area contributed by atoms with Crippen molar-refractivity contribution < 1.29 is 37.0 Å². The molecule has 0 aromatic carbocycles. The van der Waals surface area contributed by atoms with E-state index in [0.29, 0.717) is 0 Å². The van der Waals surface area contributed by atoms with Crippen molar-refractivity contribution in [2.75, 3.05) is 0 Å². The molecule has 0 fully saturated rings. The van der Waals surface area contributed by atoms with Crippen molar-refractivity contribution in [2.24, 2.45) is 0 Å². The predicted molar refractivity (Wildman–Crippen MR) is 2.91 cm³/mol. The third-order valence-electron chi connectivity index (χ3n) is 0. The average Bonchev–Trinajstić information content (AvgIpc) is 0.811.